The van der Waals surface area contributed by atoms with Gasteiger partial charge < -0.3 is 20.6 Å². The Labute approximate surface area is 113 Å². The van der Waals surface area contributed by atoms with E-state index in [1.54, 1.807) is 0 Å². The van der Waals surface area contributed by atoms with E-state index in [2.05, 4.69) is 10.3 Å². The third-order valence-electron chi connectivity index (χ3n) is 2.47. The van der Waals surface area contributed by atoms with Crippen molar-refractivity contribution in [3.63, 3.8) is 0 Å². The quantitative estimate of drug-likeness (QED) is 0.629. The molecule has 0 saturated carbocycles. The van der Waals surface area contributed by atoms with E-state index in [0.29, 0.717) is 0 Å². The number of carboxylic acid groups (broad SMARTS) is 1. The largest absolute Gasteiger partial charge is 0.504 e. The molecule has 1 aromatic carbocycles. The number of aromatic hydroxyl groups is 2. The maximum atomic E-state index is 11.9. The van der Waals surface area contributed by atoms with E-state index in [1.165, 1.54) is 36.4 Å². The monoisotopic (exact) mass is 274 g/mol. The predicted octanol–water partition coefficient (Wildman–Crippen LogP) is 1.44. The van der Waals surface area contributed by atoms with E-state index >= 15 is 0 Å². The van der Waals surface area contributed by atoms with Crippen molar-refractivity contribution in [1.82, 2.24) is 4.98 Å². The summed E-state index contributed by atoms with van der Waals surface area (Å²) in [5.41, 5.74) is -0.365. The molecule has 0 spiro atoms. The highest BCUT2D eigenvalue weighted by Crippen LogP contribution is 2.28. The zero-order valence-corrected chi connectivity index (χ0v) is 10.1. The van der Waals surface area contributed by atoms with Crippen LogP contribution in [0.15, 0.2) is 36.4 Å². The number of aromatic nitrogens is 1. The lowest BCUT2D eigenvalue weighted by molar-refractivity contribution is 0.0690. The molecule has 0 aliphatic carbocycles. The fourth-order valence-electron chi connectivity index (χ4n) is 1.52. The molecule has 1 aromatic heterocycles. The maximum Gasteiger partial charge on any atom is 0.354 e. The molecule has 0 radical (unpaired) electrons. The summed E-state index contributed by atoms with van der Waals surface area (Å²) in [7, 11) is 0. The first kappa shape index (κ1) is 13.3. The van der Waals surface area contributed by atoms with Gasteiger partial charge in [0.2, 0.25) is 0 Å². The van der Waals surface area contributed by atoms with Crippen molar-refractivity contribution >= 4 is 17.7 Å². The van der Waals surface area contributed by atoms with Crippen LogP contribution >= 0.6 is 0 Å². The van der Waals surface area contributed by atoms with Crippen molar-refractivity contribution in [3.05, 3.63) is 47.7 Å². The van der Waals surface area contributed by atoms with Crippen molar-refractivity contribution in [1.29, 1.82) is 0 Å². The number of benzene rings is 1. The number of carbonyl (C=O) groups is 2. The summed E-state index contributed by atoms with van der Waals surface area (Å²) in [6.07, 6.45) is 0. The number of para-hydroxylation sites is 1. The molecular weight excluding hydrogens is 264 g/mol. The van der Waals surface area contributed by atoms with E-state index in [-0.39, 0.29) is 17.1 Å². The Bertz CT molecular complexity index is 684. The molecule has 7 heteroatoms. The summed E-state index contributed by atoms with van der Waals surface area (Å²) in [6, 6.07) is 8.05. The lowest BCUT2D eigenvalue weighted by atomic mass is 10.1. The van der Waals surface area contributed by atoms with Gasteiger partial charge >= 0.3 is 5.97 Å². The van der Waals surface area contributed by atoms with Gasteiger partial charge in [0.05, 0.1) is 5.56 Å². The average molecular weight is 274 g/mol. The van der Waals surface area contributed by atoms with Crippen molar-refractivity contribution in [2.75, 3.05) is 5.32 Å². The Morgan fingerprint density at radius 2 is 1.75 bits per heavy atom. The summed E-state index contributed by atoms with van der Waals surface area (Å²) >= 11 is 0. The van der Waals surface area contributed by atoms with Gasteiger partial charge in [-0.1, -0.05) is 12.1 Å². The first-order valence-corrected chi connectivity index (χ1v) is 5.51. The second kappa shape index (κ2) is 5.27. The average Bonchev–Trinajstić information content (AvgIpc) is 2.42. The maximum absolute atomic E-state index is 11.9. The number of phenols is 2. The van der Waals surface area contributed by atoms with Gasteiger partial charge in [0.15, 0.2) is 17.2 Å². The minimum absolute atomic E-state index is 0.0256. The van der Waals surface area contributed by atoms with Crippen LogP contribution in [0, 0.1) is 0 Å². The molecule has 0 fully saturated rings. The number of hydrogen-bond acceptors (Lipinski definition) is 5. The van der Waals surface area contributed by atoms with Gasteiger partial charge in [0.25, 0.3) is 5.91 Å². The number of pyridine rings is 1. The van der Waals surface area contributed by atoms with Crippen LogP contribution in [-0.2, 0) is 0 Å². The summed E-state index contributed by atoms with van der Waals surface area (Å²) < 4.78 is 0. The first-order valence-electron chi connectivity index (χ1n) is 5.51. The Kier molecular flexibility index (Phi) is 3.52. The number of nitrogens with one attached hydrogen (secondary N) is 1. The molecule has 0 atom stereocenters. The highest BCUT2D eigenvalue weighted by atomic mass is 16.4. The summed E-state index contributed by atoms with van der Waals surface area (Å²) in [6.45, 7) is 0. The van der Waals surface area contributed by atoms with Crippen molar-refractivity contribution in [2.24, 2.45) is 0 Å². The van der Waals surface area contributed by atoms with E-state index in [0.717, 1.165) is 0 Å². The molecule has 20 heavy (non-hydrogen) atoms. The number of amides is 1. The summed E-state index contributed by atoms with van der Waals surface area (Å²) in [5, 5.41) is 30.0. The van der Waals surface area contributed by atoms with Crippen LogP contribution < -0.4 is 5.32 Å². The molecule has 0 bridgehead atoms. The molecule has 102 valence electrons. The van der Waals surface area contributed by atoms with E-state index < -0.39 is 23.4 Å². The molecule has 0 aliphatic heterocycles. The Morgan fingerprint density at radius 1 is 1.05 bits per heavy atom. The fraction of sp³-hybridized carbons (Fsp3) is 0. The first-order chi connectivity index (χ1) is 9.49. The fourth-order valence-corrected chi connectivity index (χ4v) is 1.52. The topological polar surface area (TPSA) is 120 Å². The normalized spacial score (nSPS) is 10.0. The summed E-state index contributed by atoms with van der Waals surface area (Å²) in [5.74, 6) is -2.89. The third kappa shape index (κ3) is 2.66. The van der Waals surface area contributed by atoms with E-state index in [1.807, 2.05) is 0 Å². The van der Waals surface area contributed by atoms with Crippen molar-refractivity contribution < 1.29 is 24.9 Å². The molecule has 2 aromatic rings. The van der Waals surface area contributed by atoms with Crippen LogP contribution in [0.4, 0.5) is 5.82 Å². The van der Waals surface area contributed by atoms with Crippen LogP contribution in [0.5, 0.6) is 11.5 Å². The zero-order valence-electron chi connectivity index (χ0n) is 10.1. The van der Waals surface area contributed by atoms with Gasteiger partial charge in [-0.2, -0.15) is 0 Å². The Balaban J connectivity index is 2.26. The van der Waals surface area contributed by atoms with Gasteiger partial charge in [-0.15, -0.1) is 0 Å². The number of rotatable bonds is 3. The van der Waals surface area contributed by atoms with Crippen LogP contribution in [-0.4, -0.2) is 32.2 Å². The van der Waals surface area contributed by atoms with Crippen LogP contribution in [0.25, 0.3) is 0 Å². The second-order valence-electron chi connectivity index (χ2n) is 3.84. The highest BCUT2D eigenvalue weighted by Gasteiger charge is 2.15. The number of aromatic carboxylic acids is 1. The molecule has 0 aliphatic rings. The van der Waals surface area contributed by atoms with Gasteiger partial charge in [0.1, 0.15) is 5.82 Å². The number of carboxylic acids is 1. The Morgan fingerprint density at radius 3 is 2.45 bits per heavy atom. The molecule has 2 rings (SSSR count). The van der Waals surface area contributed by atoms with Gasteiger partial charge in [-0.25, -0.2) is 9.78 Å². The molecule has 4 N–H and O–H groups in total. The molecular formula is C13H10N2O5. The number of hydrogen-bond donors (Lipinski definition) is 4. The molecule has 7 nitrogen and oxygen atoms in total. The predicted molar refractivity (Wildman–Crippen MR) is 68.9 cm³/mol. The van der Waals surface area contributed by atoms with E-state index in [4.69, 9.17) is 5.11 Å². The zero-order chi connectivity index (χ0) is 14.7. The SMILES string of the molecule is O=C(O)c1cccc(NC(=O)c2cccc(O)c2O)n1. The van der Waals surface area contributed by atoms with Gasteiger partial charge in [-0.3, -0.25) is 4.79 Å². The number of anilines is 1. The standard InChI is InChI=1S/C13H10N2O5/c16-9-5-1-3-7(11(9)17)12(18)15-10-6-2-4-8(14-10)13(19)20/h1-6,16-17H,(H,19,20)(H,14,15,18). The van der Waals surface area contributed by atoms with E-state index in [9.17, 15) is 19.8 Å². The lowest BCUT2D eigenvalue weighted by Crippen LogP contribution is -2.14. The van der Waals surface area contributed by atoms with Crippen LogP contribution in [0.1, 0.15) is 20.8 Å². The minimum atomic E-state index is -1.22. The lowest BCUT2D eigenvalue weighted by Gasteiger charge is -2.07. The highest BCUT2D eigenvalue weighted by molar-refractivity contribution is 6.06. The van der Waals surface area contributed by atoms with Crippen molar-refractivity contribution in [2.45, 2.75) is 0 Å². The summed E-state index contributed by atoms with van der Waals surface area (Å²) in [4.78, 5) is 26.4. The number of nitrogens with zero attached hydrogens (tertiary/aromatic N) is 1. The number of carbonyl (C=O) groups excluding carboxylic acids is 1. The molecule has 0 unspecified atom stereocenters. The number of phenolic OH excluding ortho intramolecular Hbond substituents is 2. The minimum Gasteiger partial charge on any atom is -0.504 e. The van der Waals surface area contributed by atoms with Crippen LogP contribution in [0.3, 0.4) is 0 Å². The third-order valence-corrected chi connectivity index (χ3v) is 2.47. The molecule has 0 saturated heterocycles. The van der Waals surface area contributed by atoms with Crippen LogP contribution in [0.2, 0.25) is 0 Å². The molecule has 1 heterocycles. The molecule has 1 amide bonds. The van der Waals surface area contributed by atoms with Gasteiger partial charge in [-0.05, 0) is 24.3 Å². The Hall–Kier alpha value is -3.09. The van der Waals surface area contributed by atoms with Gasteiger partial charge in [0, 0.05) is 0 Å². The smallest absolute Gasteiger partial charge is 0.354 e. The van der Waals surface area contributed by atoms with Crippen molar-refractivity contribution in [3.8, 4) is 11.5 Å². The second-order valence-corrected chi connectivity index (χ2v) is 3.84.